The van der Waals surface area contributed by atoms with E-state index in [-0.39, 0.29) is 12.1 Å². The van der Waals surface area contributed by atoms with Gasteiger partial charge in [0, 0.05) is 23.8 Å². The number of hydrogen-bond donors (Lipinski definition) is 1. The minimum Gasteiger partial charge on any atom is -0.463 e. The fourth-order valence-corrected chi connectivity index (χ4v) is 2.96. The highest BCUT2D eigenvalue weighted by atomic mass is 32.1. The monoisotopic (exact) mass is 368 g/mol. The molecule has 0 saturated heterocycles. The van der Waals surface area contributed by atoms with Crippen LogP contribution in [-0.4, -0.2) is 30.5 Å². The van der Waals surface area contributed by atoms with E-state index in [1.807, 2.05) is 0 Å². The van der Waals surface area contributed by atoms with E-state index < -0.39 is 5.91 Å². The van der Waals surface area contributed by atoms with Gasteiger partial charge in [-0.05, 0) is 24.3 Å². The summed E-state index contributed by atoms with van der Waals surface area (Å²) in [4.78, 5) is 28.5. The predicted octanol–water partition coefficient (Wildman–Crippen LogP) is 1.78. The van der Waals surface area contributed by atoms with Crippen molar-refractivity contribution in [3.63, 3.8) is 0 Å². The Morgan fingerprint density at radius 2 is 2.19 bits per heavy atom. The summed E-state index contributed by atoms with van der Waals surface area (Å²) >= 11 is 1.27. The average molecular weight is 368 g/mol. The highest BCUT2D eigenvalue weighted by Crippen LogP contribution is 2.24. The van der Waals surface area contributed by atoms with Gasteiger partial charge in [-0.3, -0.25) is 9.59 Å². The van der Waals surface area contributed by atoms with Gasteiger partial charge < -0.3 is 9.73 Å². The molecule has 0 atom stereocenters. The molecule has 4 aromatic rings. The number of hydrogen-bond acceptors (Lipinski definition) is 7. The summed E-state index contributed by atoms with van der Waals surface area (Å²) in [5.74, 6) is 0.654. The van der Waals surface area contributed by atoms with E-state index in [2.05, 4.69) is 20.5 Å². The van der Waals surface area contributed by atoms with Crippen molar-refractivity contribution in [1.29, 1.82) is 0 Å². The number of thiazole rings is 1. The summed E-state index contributed by atoms with van der Waals surface area (Å²) < 4.78 is 7.85. The molecular weight excluding hydrogens is 356 g/mol. The van der Waals surface area contributed by atoms with Gasteiger partial charge in [-0.15, -0.1) is 16.4 Å². The molecule has 0 saturated carbocycles. The van der Waals surface area contributed by atoms with Crippen LogP contribution in [0.3, 0.4) is 0 Å². The summed E-state index contributed by atoms with van der Waals surface area (Å²) in [6.07, 6.45) is 4.85. The first kappa shape index (κ1) is 16.0. The van der Waals surface area contributed by atoms with Crippen molar-refractivity contribution in [2.45, 2.75) is 6.54 Å². The van der Waals surface area contributed by atoms with Gasteiger partial charge in [-0.1, -0.05) is 0 Å². The molecule has 0 aromatic carbocycles. The summed E-state index contributed by atoms with van der Waals surface area (Å²) in [5, 5.41) is 13.1. The van der Waals surface area contributed by atoms with Crippen molar-refractivity contribution in [3.05, 3.63) is 64.7 Å². The lowest BCUT2D eigenvalue weighted by atomic mass is 10.4. The van der Waals surface area contributed by atoms with Crippen LogP contribution in [0.4, 0.5) is 5.13 Å². The second kappa shape index (κ2) is 6.76. The number of nitrogens with zero attached hydrogens (tertiary/aromatic N) is 5. The lowest BCUT2D eigenvalue weighted by Crippen LogP contribution is -2.30. The van der Waals surface area contributed by atoms with Crippen molar-refractivity contribution in [2.75, 3.05) is 5.32 Å². The minimum absolute atomic E-state index is 0.233. The molecule has 9 nitrogen and oxygen atoms in total. The number of carbonyl (C=O) groups is 1. The normalized spacial score (nSPS) is 10.8. The topological polar surface area (TPSA) is 108 Å². The predicted molar refractivity (Wildman–Crippen MR) is 94.1 cm³/mol. The first-order valence-electron chi connectivity index (χ1n) is 7.56. The Bertz CT molecular complexity index is 1080. The van der Waals surface area contributed by atoms with Crippen molar-refractivity contribution >= 4 is 22.4 Å². The number of carbonyl (C=O) groups excluding carboxylic acids is 1. The maximum Gasteiger partial charge on any atom is 0.267 e. The van der Waals surface area contributed by atoms with Gasteiger partial charge in [0.1, 0.15) is 12.2 Å². The van der Waals surface area contributed by atoms with Gasteiger partial charge in [0.2, 0.25) is 5.91 Å². The highest BCUT2D eigenvalue weighted by Gasteiger charge is 2.12. The molecule has 0 aliphatic rings. The molecule has 0 radical (unpaired) electrons. The number of amides is 1. The zero-order chi connectivity index (χ0) is 17.9. The first-order valence-corrected chi connectivity index (χ1v) is 8.44. The van der Waals surface area contributed by atoms with Gasteiger partial charge in [0.25, 0.3) is 5.56 Å². The van der Waals surface area contributed by atoms with Crippen molar-refractivity contribution < 1.29 is 9.21 Å². The molecule has 1 amide bonds. The fraction of sp³-hybridized carbons (Fsp3) is 0.0625. The third-order valence-corrected chi connectivity index (χ3v) is 4.17. The Kier molecular flexibility index (Phi) is 4.15. The molecule has 0 fully saturated rings. The SMILES string of the molecule is O=C(Cn1nc(-n2cccn2)ccc1=O)Nc1nc(-c2ccco2)cs1. The van der Waals surface area contributed by atoms with Crippen LogP contribution < -0.4 is 10.9 Å². The van der Waals surface area contributed by atoms with Crippen LogP contribution in [0.25, 0.3) is 17.3 Å². The molecule has 10 heteroatoms. The smallest absolute Gasteiger partial charge is 0.267 e. The number of anilines is 1. The number of aromatic nitrogens is 5. The molecule has 130 valence electrons. The molecule has 4 rings (SSSR count). The summed E-state index contributed by atoms with van der Waals surface area (Å²) in [5.41, 5.74) is 0.248. The summed E-state index contributed by atoms with van der Waals surface area (Å²) in [7, 11) is 0. The van der Waals surface area contributed by atoms with Crippen LogP contribution in [0.1, 0.15) is 0 Å². The van der Waals surface area contributed by atoms with Crippen molar-refractivity contribution in [3.8, 4) is 17.3 Å². The third-order valence-electron chi connectivity index (χ3n) is 3.41. The molecule has 0 aliphatic carbocycles. The van der Waals surface area contributed by atoms with Crippen LogP contribution in [0.5, 0.6) is 0 Å². The van der Waals surface area contributed by atoms with Gasteiger partial charge in [-0.25, -0.2) is 14.3 Å². The van der Waals surface area contributed by atoms with E-state index in [0.29, 0.717) is 22.4 Å². The molecule has 0 bridgehead atoms. The largest absolute Gasteiger partial charge is 0.463 e. The van der Waals surface area contributed by atoms with Crippen LogP contribution in [0.15, 0.2) is 63.6 Å². The summed E-state index contributed by atoms with van der Waals surface area (Å²) in [6, 6.07) is 8.17. The van der Waals surface area contributed by atoms with E-state index in [9.17, 15) is 9.59 Å². The maximum atomic E-state index is 12.2. The number of furan rings is 1. The van der Waals surface area contributed by atoms with Crippen LogP contribution in [0, 0.1) is 0 Å². The Balaban J connectivity index is 1.48. The molecule has 0 spiro atoms. The average Bonchev–Trinajstić information content (AvgIpc) is 3.39. The Labute approximate surface area is 150 Å². The van der Waals surface area contributed by atoms with E-state index in [4.69, 9.17) is 4.42 Å². The quantitative estimate of drug-likeness (QED) is 0.575. The second-order valence-electron chi connectivity index (χ2n) is 5.20. The van der Waals surface area contributed by atoms with E-state index in [0.717, 1.165) is 4.68 Å². The van der Waals surface area contributed by atoms with E-state index in [1.54, 1.807) is 48.3 Å². The lowest BCUT2D eigenvalue weighted by molar-refractivity contribution is -0.117. The molecule has 4 heterocycles. The Morgan fingerprint density at radius 1 is 1.27 bits per heavy atom. The molecule has 26 heavy (non-hydrogen) atoms. The van der Waals surface area contributed by atoms with Gasteiger partial charge in [0.05, 0.1) is 6.26 Å². The number of rotatable bonds is 5. The molecule has 0 unspecified atom stereocenters. The van der Waals surface area contributed by atoms with E-state index >= 15 is 0 Å². The number of nitrogens with one attached hydrogen (secondary N) is 1. The highest BCUT2D eigenvalue weighted by molar-refractivity contribution is 7.14. The fourth-order valence-electron chi connectivity index (χ4n) is 2.24. The lowest BCUT2D eigenvalue weighted by Gasteiger charge is -2.06. The van der Waals surface area contributed by atoms with E-state index in [1.165, 1.54) is 22.1 Å². The Hall–Kier alpha value is -3.53. The third kappa shape index (κ3) is 3.30. The Morgan fingerprint density at radius 3 is 2.96 bits per heavy atom. The van der Waals surface area contributed by atoms with Crippen LogP contribution >= 0.6 is 11.3 Å². The maximum absolute atomic E-state index is 12.2. The van der Waals surface area contributed by atoms with Gasteiger partial charge in [-0.2, -0.15) is 5.10 Å². The van der Waals surface area contributed by atoms with Gasteiger partial charge >= 0.3 is 0 Å². The van der Waals surface area contributed by atoms with Crippen molar-refractivity contribution in [2.24, 2.45) is 0 Å². The zero-order valence-corrected chi connectivity index (χ0v) is 14.1. The minimum atomic E-state index is -0.405. The standard InChI is InChI=1S/C16H12N6O3S/c23-14(19-16-18-11(10-26-16)12-3-1-8-25-12)9-22-15(24)5-4-13(20-22)21-7-2-6-17-21/h1-8,10H,9H2,(H,18,19,23). The van der Waals surface area contributed by atoms with Crippen molar-refractivity contribution in [1.82, 2.24) is 24.5 Å². The first-order chi connectivity index (χ1) is 12.7. The van der Waals surface area contributed by atoms with Crippen LogP contribution in [0.2, 0.25) is 0 Å². The zero-order valence-electron chi connectivity index (χ0n) is 13.3. The molecule has 1 N–H and O–H groups in total. The molecular formula is C16H12N6O3S. The molecule has 0 aliphatic heterocycles. The second-order valence-corrected chi connectivity index (χ2v) is 6.06. The summed E-state index contributed by atoms with van der Waals surface area (Å²) in [6.45, 7) is -0.233. The molecule has 4 aromatic heterocycles. The van der Waals surface area contributed by atoms with Crippen LogP contribution in [-0.2, 0) is 11.3 Å². The van der Waals surface area contributed by atoms with Gasteiger partial charge in [0.15, 0.2) is 16.7 Å².